The zero-order chi connectivity index (χ0) is 75.1. The number of hydrogen-bond donors (Lipinski definition) is 3. The average Bonchev–Trinajstić information content (AvgIpc) is 0.914. The zero-order valence-electron chi connectivity index (χ0n) is 67.1. The van der Waals surface area contributed by atoms with Crippen LogP contribution in [-0.4, -0.2) is 96.7 Å². The molecule has 17 nitrogen and oxygen atoms in total. The highest BCUT2D eigenvalue weighted by atomic mass is 31.2. The monoisotopic (exact) mass is 1490 g/mol. The molecule has 0 saturated heterocycles. The fraction of sp³-hybridized carbons (Fsp3) is 0.952. The SMILES string of the molecule is CCCCCCCCCCCCCCCCCCCCCCCC(=O)O[C@H](COC(=O)CCCCCCCCCCCCCCCCCC(C)C)COP(=O)(O)OC[C@@H](O)COP(=O)(O)OC[C@@H](COC(=O)CCCCCCCCC(C)CC)OC(=O)CCCCCCCCCCCCC(C)C. The molecule has 0 aromatic heterocycles. The van der Waals surface area contributed by atoms with Crippen LogP contribution in [0.2, 0.25) is 0 Å². The third-order valence-electron chi connectivity index (χ3n) is 19.7. The smallest absolute Gasteiger partial charge is 0.462 e. The summed E-state index contributed by atoms with van der Waals surface area (Å²) in [6.07, 6.45) is 62.6. The van der Waals surface area contributed by atoms with Gasteiger partial charge >= 0.3 is 39.5 Å². The number of aliphatic hydroxyl groups is 1. The van der Waals surface area contributed by atoms with Crippen molar-refractivity contribution in [1.82, 2.24) is 0 Å². The van der Waals surface area contributed by atoms with Crippen molar-refractivity contribution in [2.75, 3.05) is 39.6 Å². The van der Waals surface area contributed by atoms with Crippen LogP contribution in [0.15, 0.2) is 0 Å². The van der Waals surface area contributed by atoms with E-state index in [1.165, 1.54) is 238 Å². The number of aliphatic hydroxyl groups excluding tert-OH is 1. The number of carbonyl (C=O) groups is 4. The van der Waals surface area contributed by atoms with Crippen LogP contribution >= 0.6 is 15.6 Å². The summed E-state index contributed by atoms with van der Waals surface area (Å²) in [6.45, 7) is 11.9. The van der Waals surface area contributed by atoms with Crippen molar-refractivity contribution in [1.29, 1.82) is 0 Å². The second-order valence-electron chi connectivity index (χ2n) is 31.1. The van der Waals surface area contributed by atoms with Gasteiger partial charge in [-0.2, -0.15) is 0 Å². The van der Waals surface area contributed by atoms with Gasteiger partial charge in [-0.25, -0.2) is 9.13 Å². The van der Waals surface area contributed by atoms with Gasteiger partial charge in [0.15, 0.2) is 12.2 Å². The molecule has 0 amide bonds. The Balaban J connectivity index is 5.22. The molecule has 0 spiro atoms. The highest BCUT2D eigenvalue weighted by Gasteiger charge is 2.30. The number of carbonyl (C=O) groups excluding carboxylic acids is 4. The van der Waals surface area contributed by atoms with E-state index in [0.29, 0.717) is 25.7 Å². The average molecular weight is 1490 g/mol. The number of ether oxygens (including phenoxy) is 4. The van der Waals surface area contributed by atoms with Gasteiger partial charge in [-0.3, -0.25) is 37.3 Å². The first-order chi connectivity index (χ1) is 49.3. The third-order valence-corrected chi connectivity index (χ3v) is 21.6. The molecule has 6 atom stereocenters. The Labute approximate surface area is 626 Å². The summed E-state index contributed by atoms with van der Waals surface area (Å²) < 4.78 is 68.8. The summed E-state index contributed by atoms with van der Waals surface area (Å²) >= 11 is 0. The topological polar surface area (TPSA) is 237 Å². The summed E-state index contributed by atoms with van der Waals surface area (Å²) in [5.41, 5.74) is 0. The Bertz CT molecular complexity index is 1980. The van der Waals surface area contributed by atoms with Crippen LogP contribution < -0.4 is 0 Å². The third kappa shape index (κ3) is 74.9. The predicted molar refractivity (Wildman–Crippen MR) is 418 cm³/mol. The van der Waals surface area contributed by atoms with Gasteiger partial charge in [0.2, 0.25) is 0 Å². The largest absolute Gasteiger partial charge is 0.472 e. The molecule has 0 aromatic rings. The highest BCUT2D eigenvalue weighted by molar-refractivity contribution is 7.47. The number of phosphoric ester groups is 2. The quantitative estimate of drug-likeness (QED) is 0.0222. The van der Waals surface area contributed by atoms with Crippen molar-refractivity contribution in [2.45, 2.75) is 452 Å². The van der Waals surface area contributed by atoms with Gasteiger partial charge in [-0.1, -0.05) is 382 Å². The summed E-state index contributed by atoms with van der Waals surface area (Å²) in [7, 11) is -9.92. The molecule has 0 saturated carbocycles. The standard InChI is InChI=1S/C83H162O17P2/c1-8-10-11-12-13-14-15-16-17-18-19-20-21-22-25-29-32-38-43-52-59-66-82(87)99-78(70-93-80(85)64-57-50-42-37-31-28-26-23-24-27-30-35-40-47-54-61-74(3)4)72-97-101(89,90)95-68-77(84)69-96-102(91,92)98-73-79(71-94-81(86)65-58-51-46-45-49-56-63-76(7)9-2)100-83(88)67-60-53-44-39-34-33-36-41-48-55-62-75(5)6/h74-79,84H,8-73H2,1-7H3,(H,89,90)(H,91,92)/t76?,77-,78-,79-/m1/s1. The van der Waals surface area contributed by atoms with E-state index in [-0.39, 0.29) is 25.7 Å². The van der Waals surface area contributed by atoms with Crippen molar-refractivity contribution in [2.24, 2.45) is 17.8 Å². The van der Waals surface area contributed by atoms with E-state index in [1.54, 1.807) is 0 Å². The van der Waals surface area contributed by atoms with Gasteiger partial charge in [0.05, 0.1) is 26.4 Å². The molecule has 102 heavy (non-hydrogen) atoms. The van der Waals surface area contributed by atoms with Gasteiger partial charge in [0, 0.05) is 25.7 Å². The van der Waals surface area contributed by atoms with E-state index >= 15 is 0 Å². The number of phosphoric acid groups is 2. The maximum absolute atomic E-state index is 13.1. The summed E-state index contributed by atoms with van der Waals surface area (Å²) in [6, 6.07) is 0. The normalized spacial score (nSPS) is 14.2. The lowest BCUT2D eigenvalue weighted by atomic mass is 10.00. The van der Waals surface area contributed by atoms with Crippen LogP contribution in [0, 0.1) is 17.8 Å². The lowest BCUT2D eigenvalue weighted by molar-refractivity contribution is -0.161. The fourth-order valence-electron chi connectivity index (χ4n) is 12.8. The molecule has 0 rings (SSSR count). The fourth-order valence-corrected chi connectivity index (χ4v) is 14.4. The van der Waals surface area contributed by atoms with E-state index in [4.69, 9.17) is 37.0 Å². The predicted octanol–water partition coefficient (Wildman–Crippen LogP) is 24.9. The van der Waals surface area contributed by atoms with Crippen molar-refractivity contribution in [3.63, 3.8) is 0 Å². The van der Waals surface area contributed by atoms with Gasteiger partial charge in [-0.05, 0) is 43.4 Å². The molecule has 0 aliphatic heterocycles. The van der Waals surface area contributed by atoms with E-state index in [2.05, 4.69) is 48.5 Å². The Morgan fingerprint density at radius 1 is 0.284 bits per heavy atom. The van der Waals surface area contributed by atoms with Crippen LogP contribution in [-0.2, 0) is 65.4 Å². The minimum Gasteiger partial charge on any atom is -0.462 e. The van der Waals surface area contributed by atoms with Crippen LogP contribution in [0.5, 0.6) is 0 Å². The summed E-state index contributed by atoms with van der Waals surface area (Å²) in [4.78, 5) is 73.1. The molecule has 0 fully saturated rings. The van der Waals surface area contributed by atoms with Gasteiger partial charge < -0.3 is 33.8 Å². The minimum atomic E-state index is -4.96. The van der Waals surface area contributed by atoms with Gasteiger partial charge in [0.1, 0.15) is 19.3 Å². The molecule has 3 unspecified atom stereocenters. The van der Waals surface area contributed by atoms with Crippen molar-refractivity contribution < 1.29 is 80.2 Å². The maximum Gasteiger partial charge on any atom is 0.472 e. The molecule has 606 valence electrons. The molecular weight excluding hydrogens is 1330 g/mol. The van der Waals surface area contributed by atoms with E-state index in [0.717, 1.165) is 114 Å². The first-order valence-corrected chi connectivity index (χ1v) is 45.9. The Hall–Kier alpha value is -1.94. The van der Waals surface area contributed by atoms with Crippen molar-refractivity contribution in [3.8, 4) is 0 Å². The Kier molecular flexibility index (Phi) is 71.8. The number of esters is 4. The summed E-state index contributed by atoms with van der Waals surface area (Å²) in [5, 5.41) is 10.6. The van der Waals surface area contributed by atoms with Crippen LogP contribution in [0.4, 0.5) is 0 Å². The lowest BCUT2D eigenvalue weighted by Crippen LogP contribution is -2.30. The van der Waals surface area contributed by atoms with Crippen molar-refractivity contribution in [3.05, 3.63) is 0 Å². The van der Waals surface area contributed by atoms with E-state index < -0.39 is 97.5 Å². The molecule has 0 aromatic carbocycles. The lowest BCUT2D eigenvalue weighted by Gasteiger charge is -2.21. The molecule has 0 bridgehead atoms. The van der Waals surface area contributed by atoms with Crippen LogP contribution in [0.3, 0.4) is 0 Å². The molecule has 0 aliphatic rings. The Morgan fingerprint density at radius 2 is 0.500 bits per heavy atom. The highest BCUT2D eigenvalue weighted by Crippen LogP contribution is 2.45. The number of rotatable bonds is 81. The van der Waals surface area contributed by atoms with Crippen molar-refractivity contribution >= 4 is 39.5 Å². The van der Waals surface area contributed by atoms with Gasteiger partial charge in [0.25, 0.3) is 0 Å². The number of hydrogen-bond acceptors (Lipinski definition) is 15. The number of unbranched alkanes of at least 4 members (excludes halogenated alkanes) is 48. The molecular formula is C83H162O17P2. The molecule has 0 radical (unpaired) electrons. The molecule has 0 aliphatic carbocycles. The Morgan fingerprint density at radius 3 is 0.745 bits per heavy atom. The second-order valence-corrected chi connectivity index (χ2v) is 34.0. The molecule has 3 N–H and O–H groups in total. The second kappa shape index (κ2) is 73.2. The molecule has 19 heteroatoms. The summed E-state index contributed by atoms with van der Waals surface area (Å²) in [5.74, 6) is 0.178. The molecule has 0 heterocycles. The maximum atomic E-state index is 13.1. The van der Waals surface area contributed by atoms with Crippen LogP contribution in [0.25, 0.3) is 0 Å². The first-order valence-electron chi connectivity index (χ1n) is 42.9. The first kappa shape index (κ1) is 100. The zero-order valence-corrected chi connectivity index (χ0v) is 68.9. The van der Waals surface area contributed by atoms with E-state index in [1.807, 2.05) is 0 Å². The van der Waals surface area contributed by atoms with Gasteiger partial charge in [-0.15, -0.1) is 0 Å². The van der Waals surface area contributed by atoms with E-state index in [9.17, 15) is 43.2 Å². The van der Waals surface area contributed by atoms with Crippen LogP contribution in [0.1, 0.15) is 434 Å². The minimum absolute atomic E-state index is 0.105.